The minimum atomic E-state index is -5.28. The first-order valence-corrected chi connectivity index (χ1v) is 12.9. The maximum Gasteiger partial charge on any atom is 0.313 e. The highest BCUT2D eigenvalue weighted by Gasteiger charge is 2.55. The molecule has 2 aromatic heterocycles. The predicted octanol–water partition coefficient (Wildman–Crippen LogP) is -3.30. The van der Waals surface area contributed by atoms with E-state index >= 15 is 0 Å². The highest BCUT2D eigenvalue weighted by atomic mass is 31.2. The van der Waals surface area contributed by atoms with Gasteiger partial charge in [0, 0.05) is 0 Å². The van der Waals surface area contributed by atoms with Crippen molar-refractivity contribution >= 4 is 24.9 Å². The van der Waals surface area contributed by atoms with Crippen molar-refractivity contribution in [1.29, 1.82) is 0 Å². The van der Waals surface area contributed by atoms with Gasteiger partial charge in [0.1, 0.15) is 17.8 Å². The number of unbranched alkanes of at least 4 members (excludes halogenated alkanes) is 3. The Morgan fingerprint density at radius 2 is 2.06 bits per heavy atom. The van der Waals surface area contributed by atoms with Gasteiger partial charge in [-0.15, -0.1) is 0 Å². The lowest BCUT2D eigenvalue weighted by Gasteiger charge is -2.30. The number of aliphatic hydroxyl groups excluding tert-OH is 1. The van der Waals surface area contributed by atoms with E-state index in [0.717, 1.165) is 0 Å². The molecule has 14 nitrogen and oxygen atoms in total. The van der Waals surface area contributed by atoms with E-state index in [0.29, 0.717) is 0 Å². The molecule has 0 aromatic carbocycles. The summed E-state index contributed by atoms with van der Waals surface area (Å²) in [5, 5.41) is 20.9. The van der Waals surface area contributed by atoms with E-state index in [1.54, 1.807) is 11.9 Å². The Labute approximate surface area is 203 Å². The van der Waals surface area contributed by atoms with Crippen molar-refractivity contribution < 1.29 is 43.3 Å². The van der Waals surface area contributed by atoms with Crippen LogP contribution in [0.3, 0.4) is 0 Å². The highest BCUT2D eigenvalue weighted by Crippen LogP contribution is 2.37. The number of nitrogen functional groups attached to an aromatic ring is 1. The number of rotatable bonds is 9. The van der Waals surface area contributed by atoms with E-state index in [4.69, 9.17) is 10.5 Å². The van der Waals surface area contributed by atoms with Crippen molar-refractivity contribution in [3.63, 3.8) is 0 Å². The van der Waals surface area contributed by atoms with Crippen LogP contribution in [-0.2, 0) is 20.9 Å². The van der Waals surface area contributed by atoms with Crippen LogP contribution < -0.4 is 30.5 Å². The molecular formula is C20H37N6O8P. The number of fused-ring (bicyclic) bond motifs is 1. The van der Waals surface area contributed by atoms with E-state index in [-0.39, 0.29) is 17.1 Å². The Kier molecular flexibility index (Phi) is 9.96. The third-order valence-corrected chi connectivity index (χ3v) is 6.19. The first-order valence-electron chi connectivity index (χ1n) is 11.5. The number of aryl methyl sites for hydroxylation is 1. The molecule has 1 saturated heterocycles. The minimum absolute atomic E-state index is 0.0751. The van der Waals surface area contributed by atoms with Crippen LogP contribution >= 0.6 is 7.82 Å². The van der Waals surface area contributed by atoms with Crippen LogP contribution in [0.4, 0.5) is 5.95 Å². The fourth-order valence-corrected chi connectivity index (χ4v) is 4.22. The molecule has 3 rings (SSSR count). The van der Waals surface area contributed by atoms with Gasteiger partial charge in [0.2, 0.25) is 11.7 Å². The Bertz CT molecular complexity index is 1080. The van der Waals surface area contributed by atoms with E-state index in [9.17, 15) is 29.4 Å². The van der Waals surface area contributed by atoms with Gasteiger partial charge < -0.3 is 44.5 Å². The van der Waals surface area contributed by atoms with Crippen LogP contribution in [0.2, 0.25) is 0 Å². The maximum atomic E-state index is 12.1. The summed E-state index contributed by atoms with van der Waals surface area (Å²) in [5.74, 6) is -0.167. The van der Waals surface area contributed by atoms with Crippen LogP contribution in [0.25, 0.3) is 11.2 Å². The number of hydrogen-bond acceptors (Lipinski definition) is 10. The zero-order chi connectivity index (χ0) is 26.6. The second-order valence-electron chi connectivity index (χ2n) is 9.22. The first-order chi connectivity index (χ1) is 16.2. The first kappa shape index (κ1) is 29.3. The maximum absolute atomic E-state index is 12.1. The molecule has 0 spiro atoms. The van der Waals surface area contributed by atoms with Gasteiger partial charge in [-0.25, -0.2) is 4.57 Å². The average molecular weight is 521 g/mol. The number of hydrogen-bond donors (Lipinski definition) is 5. The summed E-state index contributed by atoms with van der Waals surface area (Å²) in [6.45, 7) is 4.06. The molecule has 0 saturated carbocycles. The number of quaternary nitrogens is 1. The Hall–Kier alpha value is -1.90. The van der Waals surface area contributed by atoms with E-state index in [1.807, 2.05) is 0 Å². The third-order valence-electron chi connectivity index (χ3n) is 5.72. The number of aromatic nitrogens is 4. The normalized spacial score (nSPS) is 24.7. The summed E-state index contributed by atoms with van der Waals surface area (Å²) < 4.78 is 23.0. The second-order valence-corrected chi connectivity index (χ2v) is 10.4. The Balaban J connectivity index is 0.000000410. The molecule has 2 aromatic rings. The summed E-state index contributed by atoms with van der Waals surface area (Å²) in [5.41, 5.74) is 3.33. The molecule has 35 heavy (non-hydrogen) atoms. The van der Waals surface area contributed by atoms with Crippen LogP contribution in [0.5, 0.6) is 0 Å². The van der Waals surface area contributed by atoms with Crippen molar-refractivity contribution in [3.05, 3.63) is 16.7 Å². The Morgan fingerprint density at radius 3 is 2.63 bits per heavy atom. The number of aliphatic hydroxyl groups is 2. The zero-order valence-electron chi connectivity index (χ0n) is 20.8. The fourth-order valence-electron chi connectivity index (χ4n) is 3.89. The van der Waals surface area contributed by atoms with Gasteiger partial charge in [-0.3, -0.25) is 14.3 Å². The van der Waals surface area contributed by atoms with Crippen LogP contribution in [0, 0.1) is 0 Å². The standard InChI is InChI=1S/C12H18N5O8P.C8H19N/c1-12(20)7(18)5(3-24-26(21,22)23)25-10(12)17-4-16(2)6-8(17)14-11(13)15-9(6)19;1-4-5-6-7-8-9(2)3/h4-5,7,10,18,20H,3H2,1-2H3,(H4-,13,14,15,19,21,22,23);4-8H2,1-3H3/t5-,7-,10-,12-;/m1./s1. The molecule has 1 fully saturated rings. The van der Waals surface area contributed by atoms with Crippen LogP contribution in [0.1, 0.15) is 45.8 Å². The smallest absolute Gasteiger partial charge is 0.313 e. The number of phosphoric acid groups is 1. The SMILES string of the molecule is CCCCCC[NH+](C)C.Cn1c[n+]([C@@H]2O[C@H](COP(=O)([O-])[O-])[C@@H](O)[C@@]2(C)O)c2nc(N)[nH]c(=O)c21. The monoisotopic (exact) mass is 520 g/mol. The summed E-state index contributed by atoms with van der Waals surface area (Å²) in [6.07, 6.45) is 2.82. The van der Waals surface area contributed by atoms with Crippen molar-refractivity contribution in [2.24, 2.45) is 7.05 Å². The molecule has 0 unspecified atom stereocenters. The number of aromatic amines is 1. The molecule has 1 aliphatic rings. The molecule has 0 amide bonds. The molecule has 0 bridgehead atoms. The van der Waals surface area contributed by atoms with Crippen LogP contribution in [-0.4, -0.2) is 69.8 Å². The van der Waals surface area contributed by atoms with Crippen molar-refractivity contribution in [3.8, 4) is 0 Å². The molecular weight excluding hydrogens is 483 g/mol. The number of nitrogens with two attached hydrogens (primary N) is 1. The second kappa shape index (κ2) is 11.9. The van der Waals surface area contributed by atoms with Gasteiger partial charge in [0.25, 0.3) is 11.5 Å². The molecule has 0 radical (unpaired) electrons. The largest absolute Gasteiger partial charge is 0.790 e. The molecule has 0 aliphatic carbocycles. The molecule has 200 valence electrons. The molecule has 4 atom stereocenters. The van der Waals surface area contributed by atoms with Gasteiger partial charge >= 0.3 is 5.65 Å². The molecule has 15 heteroatoms. The third kappa shape index (κ3) is 7.54. The lowest BCUT2D eigenvalue weighted by molar-refractivity contribution is -0.858. The lowest BCUT2D eigenvalue weighted by atomic mass is 9.96. The lowest BCUT2D eigenvalue weighted by Crippen LogP contribution is -3.05. The number of nitrogens with zero attached hydrogens (tertiary/aromatic N) is 3. The van der Waals surface area contributed by atoms with Gasteiger partial charge in [-0.05, 0) is 19.8 Å². The fraction of sp³-hybridized carbons (Fsp3) is 0.750. The summed E-state index contributed by atoms with van der Waals surface area (Å²) in [4.78, 5) is 41.3. The van der Waals surface area contributed by atoms with Crippen molar-refractivity contribution in [1.82, 2.24) is 14.5 Å². The number of nitrogens with one attached hydrogen (secondary N) is 2. The van der Waals surface area contributed by atoms with Gasteiger partial charge in [0.15, 0.2) is 6.33 Å². The number of phosphoric ester groups is 1. The van der Waals surface area contributed by atoms with Crippen molar-refractivity contribution in [2.75, 3.05) is 33.0 Å². The summed E-state index contributed by atoms with van der Waals surface area (Å²) in [7, 11) is 0.697. The van der Waals surface area contributed by atoms with E-state index < -0.39 is 44.0 Å². The summed E-state index contributed by atoms with van der Waals surface area (Å²) in [6, 6.07) is 0. The quantitative estimate of drug-likeness (QED) is 0.126. The van der Waals surface area contributed by atoms with Gasteiger partial charge in [-0.2, -0.15) is 0 Å². The van der Waals surface area contributed by atoms with Gasteiger partial charge in [0.05, 0.1) is 42.1 Å². The van der Waals surface area contributed by atoms with E-state index in [1.165, 1.54) is 54.6 Å². The zero-order valence-corrected chi connectivity index (χ0v) is 21.7. The van der Waals surface area contributed by atoms with E-state index in [2.05, 4.69) is 35.5 Å². The number of H-pyrrole nitrogens is 1. The number of anilines is 1. The van der Waals surface area contributed by atoms with Gasteiger partial charge in [-0.1, -0.05) is 24.7 Å². The van der Waals surface area contributed by atoms with Crippen LogP contribution in [0.15, 0.2) is 11.1 Å². The number of ether oxygens (including phenoxy) is 1. The molecule has 3 heterocycles. The minimum Gasteiger partial charge on any atom is -0.790 e. The predicted molar refractivity (Wildman–Crippen MR) is 122 cm³/mol. The highest BCUT2D eigenvalue weighted by molar-refractivity contribution is 7.43. The Morgan fingerprint density at radius 1 is 1.40 bits per heavy atom. The van der Waals surface area contributed by atoms with Crippen molar-refractivity contribution in [2.45, 2.75) is 63.6 Å². The number of imidazole rings is 1. The molecule has 6 N–H and O–H groups in total. The molecule has 1 aliphatic heterocycles. The topological polar surface area (TPSA) is 207 Å². The summed E-state index contributed by atoms with van der Waals surface area (Å²) >= 11 is 0. The average Bonchev–Trinajstić information content (AvgIpc) is 3.17.